The molecule has 1 atom stereocenters. The van der Waals surface area contributed by atoms with Crippen LogP contribution in [-0.2, 0) is 11.4 Å². The zero-order valence-corrected chi connectivity index (χ0v) is 21.3. The molecule has 3 aromatic carbocycles. The molecule has 3 rings (SSSR count). The molecule has 0 aliphatic carbocycles. The minimum Gasteiger partial charge on any atom is -0.490 e. The lowest BCUT2D eigenvalue weighted by Gasteiger charge is -2.20. The number of nitrogens with zero attached hydrogens (tertiary/aromatic N) is 1. The number of carbonyl (C=O) groups is 2. The van der Waals surface area contributed by atoms with Gasteiger partial charge in [-0.25, -0.2) is 5.43 Å². The molecule has 7 nitrogen and oxygen atoms in total. The van der Waals surface area contributed by atoms with Crippen LogP contribution in [0.25, 0.3) is 0 Å². The summed E-state index contributed by atoms with van der Waals surface area (Å²) in [5, 5.41) is 7.26. The van der Waals surface area contributed by atoms with Crippen molar-refractivity contribution in [2.75, 3.05) is 6.61 Å². The average molecular weight is 508 g/mol. The third kappa shape index (κ3) is 7.85. The molecule has 0 aliphatic rings. The number of rotatable bonds is 11. The Morgan fingerprint density at radius 2 is 1.75 bits per heavy atom. The molecular formula is C28H30ClN3O4. The molecule has 8 heteroatoms. The van der Waals surface area contributed by atoms with Crippen molar-refractivity contribution in [2.45, 2.75) is 33.4 Å². The quantitative estimate of drug-likeness (QED) is 0.275. The molecule has 0 heterocycles. The van der Waals surface area contributed by atoms with Crippen LogP contribution < -0.4 is 20.2 Å². The fourth-order valence-electron chi connectivity index (χ4n) is 3.36. The van der Waals surface area contributed by atoms with Crippen LogP contribution in [0.5, 0.6) is 11.5 Å². The number of halogens is 1. The lowest BCUT2D eigenvalue weighted by atomic mass is 10.0. The van der Waals surface area contributed by atoms with Crippen LogP contribution in [0.1, 0.15) is 42.3 Å². The highest BCUT2D eigenvalue weighted by Gasteiger charge is 2.24. The van der Waals surface area contributed by atoms with E-state index in [4.69, 9.17) is 21.1 Å². The molecule has 2 N–H and O–H groups in total. The van der Waals surface area contributed by atoms with Gasteiger partial charge in [-0.1, -0.05) is 61.8 Å². The van der Waals surface area contributed by atoms with E-state index >= 15 is 0 Å². The fraction of sp³-hybridized carbons (Fsp3) is 0.250. The second kappa shape index (κ2) is 13.3. The Bertz CT molecular complexity index is 1200. The summed E-state index contributed by atoms with van der Waals surface area (Å²) in [6, 6.07) is 21.0. The number of amides is 2. The van der Waals surface area contributed by atoms with E-state index in [1.165, 1.54) is 6.21 Å². The van der Waals surface area contributed by atoms with Gasteiger partial charge in [0.05, 0.1) is 12.8 Å². The van der Waals surface area contributed by atoms with E-state index in [1.807, 2.05) is 57.2 Å². The molecule has 0 aliphatic heterocycles. The van der Waals surface area contributed by atoms with Crippen molar-refractivity contribution in [3.05, 3.63) is 94.5 Å². The molecule has 36 heavy (non-hydrogen) atoms. The normalized spacial score (nSPS) is 11.8. The Labute approximate surface area is 216 Å². The van der Waals surface area contributed by atoms with Gasteiger partial charge in [-0.2, -0.15) is 5.10 Å². The second-order valence-corrected chi connectivity index (χ2v) is 8.79. The third-order valence-corrected chi connectivity index (χ3v) is 5.45. The monoisotopic (exact) mass is 507 g/mol. The van der Waals surface area contributed by atoms with Crippen molar-refractivity contribution >= 4 is 29.6 Å². The maximum atomic E-state index is 12.7. The number of hydrazone groups is 1. The first kappa shape index (κ1) is 26.8. The zero-order chi connectivity index (χ0) is 25.9. The predicted molar refractivity (Wildman–Crippen MR) is 142 cm³/mol. The van der Waals surface area contributed by atoms with Gasteiger partial charge in [-0.05, 0) is 60.4 Å². The molecular weight excluding hydrogens is 478 g/mol. The summed E-state index contributed by atoms with van der Waals surface area (Å²) in [5.41, 5.74) is 4.66. The highest BCUT2D eigenvalue weighted by Crippen LogP contribution is 2.29. The van der Waals surface area contributed by atoms with Gasteiger partial charge in [0.25, 0.3) is 11.8 Å². The van der Waals surface area contributed by atoms with Crippen molar-refractivity contribution < 1.29 is 19.1 Å². The van der Waals surface area contributed by atoms with Crippen LogP contribution in [-0.4, -0.2) is 30.7 Å². The van der Waals surface area contributed by atoms with Crippen LogP contribution in [0.15, 0.2) is 77.9 Å². The Hall–Kier alpha value is -3.84. The van der Waals surface area contributed by atoms with Gasteiger partial charge in [0.15, 0.2) is 11.5 Å². The van der Waals surface area contributed by atoms with E-state index in [2.05, 4.69) is 15.8 Å². The van der Waals surface area contributed by atoms with Crippen LogP contribution in [0.4, 0.5) is 0 Å². The summed E-state index contributed by atoms with van der Waals surface area (Å²) in [7, 11) is 0. The van der Waals surface area contributed by atoms with E-state index in [0.29, 0.717) is 35.3 Å². The number of hydrogen-bond acceptors (Lipinski definition) is 5. The molecule has 0 saturated heterocycles. The van der Waals surface area contributed by atoms with Gasteiger partial charge >= 0.3 is 0 Å². The van der Waals surface area contributed by atoms with E-state index in [-0.39, 0.29) is 11.8 Å². The summed E-state index contributed by atoms with van der Waals surface area (Å²) in [6.45, 7) is 6.47. The van der Waals surface area contributed by atoms with Gasteiger partial charge in [-0.3, -0.25) is 9.59 Å². The third-order valence-electron chi connectivity index (χ3n) is 5.22. The van der Waals surface area contributed by atoms with Crippen molar-refractivity contribution in [1.82, 2.24) is 10.7 Å². The van der Waals surface area contributed by atoms with Gasteiger partial charge in [-0.15, -0.1) is 0 Å². The van der Waals surface area contributed by atoms with E-state index < -0.39 is 11.9 Å². The number of nitrogens with one attached hydrogen (secondary N) is 2. The van der Waals surface area contributed by atoms with Crippen LogP contribution in [0.3, 0.4) is 0 Å². The number of benzene rings is 3. The lowest BCUT2D eigenvalue weighted by Crippen LogP contribution is -2.48. The van der Waals surface area contributed by atoms with Crippen molar-refractivity contribution in [3.8, 4) is 11.5 Å². The van der Waals surface area contributed by atoms with Crippen molar-refractivity contribution in [1.29, 1.82) is 0 Å². The van der Waals surface area contributed by atoms with E-state index in [1.54, 1.807) is 36.4 Å². The maximum absolute atomic E-state index is 12.7. The first-order valence-corrected chi connectivity index (χ1v) is 12.1. The highest BCUT2D eigenvalue weighted by atomic mass is 35.5. The van der Waals surface area contributed by atoms with E-state index in [9.17, 15) is 9.59 Å². The standard InChI is InChI=1S/C28H30ClN3O4/c1-4-35-25-15-21(13-14-24(25)36-18-20-9-6-5-7-10-20)17-30-32-28(34)26(19(2)3)31-27(33)22-11-8-12-23(29)16-22/h5-17,19,26H,4,18H2,1-3H3,(H,31,33)(H,32,34)/b30-17-. The van der Waals surface area contributed by atoms with Crippen molar-refractivity contribution in [3.63, 3.8) is 0 Å². The van der Waals surface area contributed by atoms with E-state index in [0.717, 1.165) is 11.1 Å². The number of carbonyl (C=O) groups excluding carboxylic acids is 2. The first-order valence-electron chi connectivity index (χ1n) is 11.7. The van der Waals surface area contributed by atoms with Crippen LogP contribution in [0.2, 0.25) is 5.02 Å². The molecule has 2 amide bonds. The zero-order valence-electron chi connectivity index (χ0n) is 20.5. The average Bonchev–Trinajstić information content (AvgIpc) is 2.87. The maximum Gasteiger partial charge on any atom is 0.262 e. The second-order valence-electron chi connectivity index (χ2n) is 8.35. The molecule has 0 bridgehead atoms. The summed E-state index contributed by atoms with van der Waals surface area (Å²) < 4.78 is 11.7. The summed E-state index contributed by atoms with van der Waals surface area (Å²) >= 11 is 5.97. The molecule has 0 radical (unpaired) electrons. The molecule has 0 spiro atoms. The molecule has 3 aromatic rings. The number of hydrogen-bond donors (Lipinski definition) is 2. The Balaban J connectivity index is 1.63. The molecule has 0 aromatic heterocycles. The molecule has 0 saturated carbocycles. The predicted octanol–water partition coefficient (Wildman–Crippen LogP) is 5.22. The van der Waals surface area contributed by atoms with Crippen LogP contribution >= 0.6 is 11.6 Å². The summed E-state index contributed by atoms with van der Waals surface area (Å²) in [6.07, 6.45) is 1.51. The molecule has 188 valence electrons. The minimum absolute atomic E-state index is 0.158. The molecule has 1 unspecified atom stereocenters. The smallest absolute Gasteiger partial charge is 0.262 e. The first-order chi connectivity index (χ1) is 17.4. The van der Waals surface area contributed by atoms with Gasteiger partial charge in [0, 0.05) is 10.6 Å². The Morgan fingerprint density at radius 3 is 2.44 bits per heavy atom. The summed E-state index contributed by atoms with van der Waals surface area (Å²) in [4.78, 5) is 25.3. The fourth-order valence-corrected chi connectivity index (χ4v) is 3.55. The Morgan fingerprint density at radius 1 is 0.972 bits per heavy atom. The SMILES string of the molecule is CCOc1cc(/C=N\NC(=O)C(NC(=O)c2cccc(Cl)c2)C(C)C)ccc1OCc1ccccc1. The largest absolute Gasteiger partial charge is 0.490 e. The number of ether oxygens (including phenoxy) is 2. The van der Waals surface area contributed by atoms with Gasteiger partial charge in [0.2, 0.25) is 0 Å². The summed E-state index contributed by atoms with van der Waals surface area (Å²) in [5.74, 6) is 0.226. The lowest BCUT2D eigenvalue weighted by molar-refractivity contribution is -0.123. The van der Waals surface area contributed by atoms with Gasteiger partial charge < -0.3 is 14.8 Å². The van der Waals surface area contributed by atoms with Gasteiger partial charge in [0.1, 0.15) is 12.6 Å². The highest BCUT2D eigenvalue weighted by molar-refractivity contribution is 6.31. The topological polar surface area (TPSA) is 89.0 Å². The minimum atomic E-state index is -0.777. The van der Waals surface area contributed by atoms with Crippen molar-refractivity contribution in [2.24, 2.45) is 11.0 Å². The van der Waals surface area contributed by atoms with Crippen LogP contribution in [0, 0.1) is 5.92 Å². The molecule has 0 fully saturated rings. The Kier molecular flexibility index (Phi) is 9.89.